The molecule has 6 nitrogen and oxygen atoms in total. The van der Waals surface area contributed by atoms with Crippen molar-refractivity contribution in [1.82, 2.24) is 10.1 Å². The molecular formula is C15H27N3O3. The SMILES string of the molecule is COCCOCCc1noc(CC2(CN)CCCCC2)n1. The summed E-state index contributed by atoms with van der Waals surface area (Å²) in [4.78, 5) is 4.47. The summed E-state index contributed by atoms with van der Waals surface area (Å²) in [6, 6.07) is 0. The first-order valence-electron chi connectivity index (χ1n) is 7.86. The molecule has 2 N–H and O–H groups in total. The number of rotatable bonds is 9. The number of nitrogens with two attached hydrogens (primary N) is 1. The smallest absolute Gasteiger partial charge is 0.227 e. The largest absolute Gasteiger partial charge is 0.382 e. The van der Waals surface area contributed by atoms with E-state index in [1.54, 1.807) is 7.11 Å². The van der Waals surface area contributed by atoms with Gasteiger partial charge in [-0.15, -0.1) is 0 Å². The van der Waals surface area contributed by atoms with Crippen molar-refractivity contribution in [3.05, 3.63) is 11.7 Å². The zero-order valence-corrected chi connectivity index (χ0v) is 13.0. The predicted molar refractivity (Wildman–Crippen MR) is 79.0 cm³/mol. The van der Waals surface area contributed by atoms with Gasteiger partial charge in [-0.25, -0.2) is 0 Å². The Morgan fingerprint density at radius 3 is 2.71 bits per heavy atom. The molecule has 0 amide bonds. The van der Waals surface area contributed by atoms with Crippen molar-refractivity contribution in [1.29, 1.82) is 0 Å². The van der Waals surface area contributed by atoms with Crippen LogP contribution in [0.5, 0.6) is 0 Å². The number of hydrogen-bond acceptors (Lipinski definition) is 6. The van der Waals surface area contributed by atoms with Crippen LogP contribution in [0.15, 0.2) is 4.52 Å². The topological polar surface area (TPSA) is 83.4 Å². The Morgan fingerprint density at radius 2 is 2.00 bits per heavy atom. The van der Waals surface area contributed by atoms with Gasteiger partial charge in [-0.2, -0.15) is 4.98 Å². The molecule has 21 heavy (non-hydrogen) atoms. The van der Waals surface area contributed by atoms with Crippen LogP contribution in [0.4, 0.5) is 0 Å². The van der Waals surface area contributed by atoms with Gasteiger partial charge in [-0.1, -0.05) is 24.4 Å². The average molecular weight is 297 g/mol. The number of nitrogens with zero attached hydrogens (tertiary/aromatic N) is 2. The fourth-order valence-electron chi connectivity index (χ4n) is 2.95. The molecule has 1 heterocycles. The zero-order valence-electron chi connectivity index (χ0n) is 13.0. The van der Waals surface area contributed by atoms with E-state index in [0.29, 0.717) is 44.5 Å². The van der Waals surface area contributed by atoms with Gasteiger partial charge in [0.05, 0.1) is 19.8 Å². The monoisotopic (exact) mass is 297 g/mol. The summed E-state index contributed by atoms with van der Waals surface area (Å²) in [6.45, 7) is 2.49. The summed E-state index contributed by atoms with van der Waals surface area (Å²) < 4.78 is 15.7. The molecule has 0 spiro atoms. The van der Waals surface area contributed by atoms with E-state index in [1.807, 2.05) is 0 Å². The molecule has 1 aliphatic rings. The van der Waals surface area contributed by atoms with Crippen LogP contribution < -0.4 is 5.73 Å². The number of aromatic nitrogens is 2. The van der Waals surface area contributed by atoms with E-state index in [9.17, 15) is 0 Å². The van der Waals surface area contributed by atoms with Crippen molar-refractivity contribution < 1.29 is 14.0 Å². The van der Waals surface area contributed by atoms with Crippen molar-refractivity contribution in [3.8, 4) is 0 Å². The lowest BCUT2D eigenvalue weighted by Gasteiger charge is -2.34. The number of ether oxygens (including phenoxy) is 2. The van der Waals surface area contributed by atoms with Gasteiger partial charge in [0, 0.05) is 20.0 Å². The van der Waals surface area contributed by atoms with Crippen molar-refractivity contribution in [2.24, 2.45) is 11.1 Å². The van der Waals surface area contributed by atoms with Crippen LogP contribution in [-0.4, -0.2) is 43.6 Å². The first-order valence-corrected chi connectivity index (χ1v) is 7.86. The highest BCUT2D eigenvalue weighted by molar-refractivity contribution is 4.95. The summed E-state index contributed by atoms with van der Waals surface area (Å²) in [7, 11) is 1.66. The Kier molecular flexibility index (Phi) is 6.60. The lowest BCUT2D eigenvalue weighted by atomic mass is 9.72. The molecule has 1 aromatic heterocycles. The van der Waals surface area contributed by atoms with Crippen LogP contribution in [0.2, 0.25) is 0 Å². The van der Waals surface area contributed by atoms with E-state index in [4.69, 9.17) is 19.7 Å². The summed E-state index contributed by atoms with van der Waals surface area (Å²) in [5.41, 5.74) is 6.16. The quantitative estimate of drug-likeness (QED) is 0.699. The fraction of sp³-hybridized carbons (Fsp3) is 0.867. The third-order valence-corrected chi connectivity index (χ3v) is 4.29. The van der Waals surface area contributed by atoms with Gasteiger partial charge in [0.25, 0.3) is 0 Å². The Balaban J connectivity index is 1.79. The lowest BCUT2D eigenvalue weighted by molar-refractivity contribution is 0.0714. The minimum absolute atomic E-state index is 0.164. The molecule has 120 valence electrons. The Morgan fingerprint density at radius 1 is 1.19 bits per heavy atom. The van der Waals surface area contributed by atoms with Gasteiger partial charge >= 0.3 is 0 Å². The van der Waals surface area contributed by atoms with E-state index in [-0.39, 0.29) is 5.41 Å². The normalized spacial score (nSPS) is 18.0. The molecule has 0 aromatic carbocycles. The molecule has 1 fully saturated rings. The van der Waals surface area contributed by atoms with Crippen LogP contribution in [0.3, 0.4) is 0 Å². The maximum atomic E-state index is 6.00. The highest BCUT2D eigenvalue weighted by Gasteiger charge is 2.32. The zero-order chi connectivity index (χ0) is 15.0. The van der Waals surface area contributed by atoms with E-state index >= 15 is 0 Å². The van der Waals surface area contributed by atoms with Crippen molar-refractivity contribution >= 4 is 0 Å². The Hall–Kier alpha value is -0.980. The molecule has 1 saturated carbocycles. The molecule has 0 unspecified atom stereocenters. The van der Waals surface area contributed by atoms with Crippen LogP contribution in [0.25, 0.3) is 0 Å². The highest BCUT2D eigenvalue weighted by Crippen LogP contribution is 2.37. The van der Waals surface area contributed by atoms with E-state index in [0.717, 1.165) is 6.42 Å². The second-order valence-electron chi connectivity index (χ2n) is 5.90. The van der Waals surface area contributed by atoms with Gasteiger partial charge in [-0.3, -0.25) is 0 Å². The molecule has 1 aromatic rings. The molecule has 0 radical (unpaired) electrons. The predicted octanol–water partition coefficient (Wildman–Crippen LogP) is 1.73. The molecular weight excluding hydrogens is 270 g/mol. The average Bonchev–Trinajstić information content (AvgIpc) is 2.95. The van der Waals surface area contributed by atoms with E-state index < -0.39 is 0 Å². The Labute approximate surface area is 126 Å². The highest BCUT2D eigenvalue weighted by atomic mass is 16.5. The standard InChI is InChI=1S/C15H27N3O3/c1-19-9-10-20-8-5-13-17-14(21-18-13)11-15(12-16)6-3-2-4-7-15/h2-12,16H2,1H3. The third kappa shape index (κ3) is 5.05. The van der Waals surface area contributed by atoms with E-state index in [2.05, 4.69) is 10.1 Å². The fourth-order valence-corrected chi connectivity index (χ4v) is 2.95. The summed E-state index contributed by atoms with van der Waals surface area (Å²) in [5, 5.41) is 4.03. The number of methoxy groups -OCH3 is 1. The molecule has 0 bridgehead atoms. The van der Waals surface area contributed by atoms with Crippen LogP contribution in [0.1, 0.15) is 43.8 Å². The number of hydrogen-bond donors (Lipinski definition) is 1. The minimum Gasteiger partial charge on any atom is -0.382 e. The minimum atomic E-state index is 0.164. The van der Waals surface area contributed by atoms with Gasteiger partial charge in [0.15, 0.2) is 5.82 Å². The second-order valence-corrected chi connectivity index (χ2v) is 5.90. The van der Waals surface area contributed by atoms with Crippen molar-refractivity contribution in [2.45, 2.75) is 44.9 Å². The molecule has 1 aliphatic carbocycles. The van der Waals surface area contributed by atoms with Gasteiger partial charge < -0.3 is 19.7 Å². The van der Waals surface area contributed by atoms with Crippen LogP contribution in [0, 0.1) is 5.41 Å². The molecule has 0 aliphatic heterocycles. The summed E-state index contributed by atoms with van der Waals surface area (Å²) in [6.07, 6.45) is 7.64. The molecule has 0 atom stereocenters. The second kappa shape index (κ2) is 8.46. The summed E-state index contributed by atoms with van der Waals surface area (Å²) in [5.74, 6) is 1.43. The Bertz CT molecular complexity index is 403. The first kappa shape index (κ1) is 16.4. The van der Waals surface area contributed by atoms with Crippen LogP contribution >= 0.6 is 0 Å². The maximum absolute atomic E-state index is 6.00. The van der Waals surface area contributed by atoms with Gasteiger partial charge in [0.1, 0.15) is 0 Å². The molecule has 0 saturated heterocycles. The maximum Gasteiger partial charge on any atom is 0.227 e. The van der Waals surface area contributed by atoms with Crippen molar-refractivity contribution in [3.63, 3.8) is 0 Å². The lowest BCUT2D eigenvalue weighted by Crippen LogP contribution is -2.35. The van der Waals surface area contributed by atoms with Gasteiger partial charge in [-0.05, 0) is 24.8 Å². The van der Waals surface area contributed by atoms with E-state index in [1.165, 1.54) is 32.1 Å². The van der Waals surface area contributed by atoms with Crippen molar-refractivity contribution in [2.75, 3.05) is 33.5 Å². The molecule has 2 rings (SSSR count). The van der Waals surface area contributed by atoms with Gasteiger partial charge in [0.2, 0.25) is 5.89 Å². The first-order chi connectivity index (χ1) is 10.3. The third-order valence-electron chi connectivity index (χ3n) is 4.29. The molecule has 6 heteroatoms. The van der Waals surface area contributed by atoms with Crippen LogP contribution in [-0.2, 0) is 22.3 Å². The summed E-state index contributed by atoms with van der Waals surface area (Å²) >= 11 is 0.